The molecule has 1 saturated heterocycles. The average Bonchev–Trinajstić information content (AvgIpc) is 2.76. The second-order valence-corrected chi connectivity index (χ2v) is 12.1. The summed E-state index contributed by atoms with van der Waals surface area (Å²) in [4.78, 5) is 25.4. The molecule has 12 heteroatoms. The van der Waals surface area contributed by atoms with Gasteiger partial charge in [0.15, 0.2) is 0 Å². The number of nitriles is 1. The van der Waals surface area contributed by atoms with Gasteiger partial charge in [0.25, 0.3) is 5.91 Å². The van der Waals surface area contributed by atoms with Crippen molar-refractivity contribution < 1.29 is 13.4 Å². The van der Waals surface area contributed by atoms with Crippen LogP contribution < -0.4 is 15.8 Å². The zero-order valence-corrected chi connectivity index (χ0v) is 19.7. The topological polar surface area (TPSA) is 146 Å². The molecule has 1 fully saturated rings. The maximum atomic E-state index is 14.9. The highest BCUT2D eigenvalue weighted by Gasteiger charge is 2.53. The van der Waals surface area contributed by atoms with Gasteiger partial charge >= 0.3 is 0 Å². The van der Waals surface area contributed by atoms with E-state index in [0.717, 1.165) is 12.5 Å². The number of aromatic nitrogens is 2. The first kappa shape index (κ1) is 23.2. The number of thiol groups is 1. The molecule has 2 aliphatic heterocycles. The number of amides is 1. The monoisotopic (exact) mass is 491 g/mol. The van der Waals surface area contributed by atoms with Gasteiger partial charge in [-0.05, 0) is 55.0 Å². The maximum absolute atomic E-state index is 14.9. The normalized spacial score (nSPS) is 26.9. The van der Waals surface area contributed by atoms with Crippen LogP contribution in [0, 0.1) is 17.1 Å². The largest absolute Gasteiger partial charge is 0.386 e. The highest BCUT2D eigenvalue weighted by Crippen LogP contribution is 2.43. The first-order chi connectivity index (χ1) is 15.5. The van der Waals surface area contributed by atoms with E-state index in [2.05, 4.69) is 25.0 Å². The molecule has 9 nitrogen and oxygen atoms in total. The summed E-state index contributed by atoms with van der Waals surface area (Å²) in [7, 11) is -3.05. The zero-order valence-electron chi connectivity index (χ0n) is 18.0. The molecule has 2 atom stereocenters. The summed E-state index contributed by atoms with van der Waals surface area (Å²) in [5.74, 6) is -1.05. The third-order valence-electron chi connectivity index (χ3n) is 6.24. The van der Waals surface area contributed by atoms with Gasteiger partial charge in [-0.3, -0.25) is 18.7 Å². The Morgan fingerprint density at radius 3 is 2.88 bits per heavy atom. The molecule has 33 heavy (non-hydrogen) atoms. The Balaban J connectivity index is 1.69. The molecule has 0 spiro atoms. The van der Waals surface area contributed by atoms with Crippen molar-refractivity contribution in [2.24, 2.45) is 10.7 Å². The van der Waals surface area contributed by atoms with Gasteiger partial charge in [0.1, 0.15) is 40.5 Å². The third-order valence-corrected chi connectivity index (χ3v) is 10.4. The van der Waals surface area contributed by atoms with E-state index >= 15 is 0 Å². The van der Waals surface area contributed by atoms with E-state index in [-0.39, 0.29) is 39.4 Å². The summed E-state index contributed by atoms with van der Waals surface area (Å²) in [5, 5.41) is 11.4. The number of amidine groups is 1. The van der Waals surface area contributed by atoms with Crippen molar-refractivity contribution in [1.82, 2.24) is 14.7 Å². The molecule has 0 aromatic carbocycles. The lowest BCUT2D eigenvalue weighted by molar-refractivity contribution is 0.102. The van der Waals surface area contributed by atoms with E-state index in [9.17, 15) is 13.4 Å². The van der Waals surface area contributed by atoms with Crippen molar-refractivity contribution >= 4 is 39.3 Å². The summed E-state index contributed by atoms with van der Waals surface area (Å²) in [6.07, 6.45) is 2.66. The van der Waals surface area contributed by atoms with Crippen LogP contribution >= 0.6 is 11.6 Å². The molecule has 2 aromatic heterocycles. The fraction of sp³-hybridized carbons (Fsp3) is 0.381. The first-order valence-corrected chi connectivity index (χ1v) is 12.5. The van der Waals surface area contributed by atoms with Crippen LogP contribution in [-0.4, -0.2) is 43.0 Å². The third kappa shape index (κ3) is 3.88. The molecule has 0 saturated carbocycles. The standard InChI is InChI=1S/C21H23ClFN7O2S/c1-20(11-33(32)21(2,19(25)30-20)6-3-7-27-33)17-14(23)4-5-15(28-17)29-18(31)16-13(22)8-12(9-24)10-26-16/h4-5,8,10,33H,3,6-7,11H2,1-2H3,(H2,25,30)(H,27,32)(H,28,29,31)/t20-,21+/m0/s1. The van der Waals surface area contributed by atoms with Crippen molar-refractivity contribution in [3.63, 3.8) is 0 Å². The summed E-state index contributed by atoms with van der Waals surface area (Å²) in [5.41, 5.74) is 5.00. The Morgan fingerprint density at radius 1 is 1.42 bits per heavy atom. The molecule has 0 radical (unpaired) electrons. The van der Waals surface area contributed by atoms with Crippen LogP contribution in [0.15, 0.2) is 29.4 Å². The number of hydrogen-bond acceptors (Lipinski definition) is 7. The number of rotatable bonds is 3. The number of halogens is 2. The average molecular weight is 492 g/mol. The van der Waals surface area contributed by atoms with Gasteiger partial charge < -0.3 is 11.1 Å². The van der Waals surface area contributed by atoms with Crippen LogP contribution in [0.2, 0.25) is 5.02 Å². The summed E-state index contributed by atoms with van der Waals surface area (Å²) in [6, 6.07) is 5.65. The summed E-state index contributed by atoms with van der Waals surface area (Å²) >= 11 is 6.05. The van der Waals surface area contributed by atoms with E-state index in [0.29, 0.717) is 13.0 Å². The summed E-state index contributed by atoms with van der Waals surface area (Å²) < 4.78 is 31.1. The molecule has 1 amide bonds. The quantitative estimate of drug-likeness (QED) is 0.483. The second-order valence-electron chi connectivity index (χ2n) is 8.60. The van der Waals surface area contributed by atoms with Crippen molar-refractivity contribution in [1.29, 1.82) is 5.26 Å². The number of carbonyl (C=O) groups excluding carboxylic acids is 1. The molecular formula is C21H23ClFN7O2S. The molecule has 4 heterocycles. The predicted molar refractivity (Wildman–Crippen MR) is 125 cm³/mol. The van der Waals surface area contributed by atoms with E-state index in [1.54, 1.807) is 6.92 Å². The number of fused-ring (bicyclic) bond motifs is 1. The molecule has 4 N–H and O–H groups in total. The van der Waals surface area contributed by atoms with Gasteiger partial charge in [-0.2, -0.15) is 5.26 Å². The first-order valence-electron chi connectivity index (χ1n) is 10.3. The number of anilines is 1. The van der Waals surface area contributed by atoms with E-state index in [1.165, 1.54) is 18.3 Å². The van der Waals surface area contributed by atoms with Crippen LogP contribution in [0.5, 0.6) is 0 Å². The Labute approximate surface area is 196 Å². The zero-order chi connectivity index (χ0) is 24.0. The lowest BCUT2D eigenvalue weighted by Gasteiger charge is -2.52. The van der Waals surface area contributed by atoms with Gasteiger partial charge in [0, 0.05) is 18.5 Å². The van der Waals surface area contributed by atoms with Gasteiger partial charge in [0.05, 0.1) is 15.3 Å². The molecule has 174 valence electrons. The van der Waals surface area contributed by atoms with E-state index < -0.39 is 32.1 Å². The fourth-order valence-corrected chi connectivity index (χ4v) is 7.91. The smallest absolute Gasteiger partial charge is 0.276 e. The Bertz CT molecular complexity index is 1280. The van der Waals surface area contributed by atoms with Crippen LogP contribution in [0.25, 0.3) is 0 Å². The number of nitrogens with two attached hydrogens (primary N) is 1. The number of hydrogen-bond donors (Lipinski definition) is 4. The molecule has 4 rings (SSSR count). The molecule has 0 aliphatic carbocycles. The van der Waals surface area contributed by atoms with Crippen LogP contribution in [-0.2, 0) is 15.7 Å². The Kier molecular flexibility index (Phi) is 5.72. The van der Waals surface area contributed by atoms with E-state index in [4.69, 9.17) is 22.6 Å². The Hall–Kier alpha value is -2.94. The highest BCUT2D eigenvalue weighted by atomic mass is 35.5. The lowest BCUT2D eigenvalue weighted by Crippen LogP contribution is -2.67. The minimum Gasteiger partial charge on any atom is -0.386 e. The van der Waals surface area contributed by atoms with Crippen molar-refractivity contribution in [2.45, 2.75) is 37.0 Å². The molecular weight excluding hydrogens is 469 g/mol. The molecule has 0 unspecified atom stereocenters. The lowest BCUT2D eigenvalue weighted by atomic mass is 9.96. The van der Waals surface area contributed by atoms with Crippen LogP contribution in [0.1, 0.15) is 48.4 Å². The molecule has 2 aliphatic rings. The van der Waals surface area contributed by atoms with Gasteiger partial charge in [-0.1, -0.05) is 11.6 Å². The Morgan fingerprint density at radius 2 is 2.18 bits per heavy atom. The van der Waals surface area contributed by atoms with Gasteiger partial charge in [0.2, 0.25) is 0 Å². The summed E-state index contributed by atoms with van der Waals surface area (Å²) in [6.45, 7) is 4.04. The van der Waals surface area contributed by atoms with Crippen LogP contribution in [0.4, 0.5) is 10.2 Å². The van der Waals surface area contributed by atoms with Gasteiger partial charge in [-0.15, -0.1) is 0 Å². The minimum absolute atomic E-state index is 0.00810. The van der Waals surface area contributed by atoms with Crippen molar-refractivity contribution in [3.8, 4) is 6.07 Å². The van der Waals surface area contributed by atoms with Gasteiger partial charge in [-0.25, -0.2) is 14.4 Å². The SMILES string of the molecule is C[C@@]1(c2nc(NC(=O)c3ncc(C#N)cc3Cl)ccc2F)C[SH]2(=O)NCCC[C@]2(C)C(N)=N1. The highest BCUT2D eigenvalue weighted by molar-refractivity contribution is 8.03. The van der Waals surface area contributed by atoms with Crippen molar-refractivity contribution in [2.75, 3.05) is 17.6 Å². The fourth-order valence-electron chi connectivity index (χ4n) is 4.31. The minimum atomic E-state index is -3.05. The molecule has 2 aromatic rings. The number of pyridine rings is 2. The molecule has 0 bridgehead atoms. The second kappa shape index (κ2) is 8.13. The number of carbonyl (C=O) groups is 1. The van der Waals surface area contributed by atoms with Crippen LogP contribution in [0.3, 0.4) is 0 Å². The number of aliphatic imine (C=N–C) groups is 1. The predicted octanol–water partition coefficient (Wildman–Crippen LogP) is 2.05. The number of nitrogens with one attached hydrogen (secondary N) is 2. The number of nitrogens with zero attached hydrogens (tertiary/aromatic N) is 4. The maximum Gasteiger partial charge on any atom is 0.276 e. The van der Waals surface area contributed by atoms with Crippen molar-refractivity contribution in [3.05, 3.63) is 52.2 Å². The van der Waals surface area contributed by atoms with E-state index in [1.807, 2.05) is 13.0 Å².